The summed E-state index contributed by atoms with van der Waals surface area (Å²) in [4.78, 5) is 27.3. The quantitative estimate of drug-likeness (QED) is 0.868. The number of carbonyl (C=O) groups is 2. The van der Waals surface area contributed by atoms with E-state index in [1.165, 1.54) is 12.1 Å². The molecular weight excluding hydrogens is 299 g/mol. The van der Waals surface area contributed by atoms with Crippen LogP contribution in [0.2, 0.25) is 0 Å². The molecule has 1 heterocycles. The molecule has 1 atom stereocenters. The fraction of sp³-hybridized carbons (Fsp3) is 0.500. The van der Waals surface area contributed by atoms with Crippen LogP contribution in [-0.4, -0.2) is 54.0 Å². The van der Waals surface area contributed by atoms with Gasteiger partial charge < -0.3 is 16.0 Å². The van der Waals surface area contributed by atoms with Crippen LogP contribution in [0.4, 0.5) is 14.9 Å². The van der Waals surface area contributed by atoms with Gasteiger partial charge in [-0.15, -0.1) is 0 Å². The molecule has 0 aliphatic carbocycles. The third-order valence-electron chi connectivity index (χ3n) is 4.27. The van der Waals surface area contributed by atoms with E-state index in [1.54, 1.807) is 4.90 Å². The number of primary amides is 1. The number of anilines is 1. The number of hydrogen-bond donors (Lipinski definition) is 2. The van der Waals surface area contributed by atoms with E-state index in [1.807, 2.05) is 0 Å². The second kappa shape index (κ2) is 7.41. The SMILES string of the molecule is CCN(CC)[C@@H]1CCN(C(=O)Nc2ccc(C(N)=O)c(F)c2)C1. The molecule has 0 radical (unpaired) electrons. The Kier molecular flexibility index (Phi) is 5.54. The molecule has 6 nitrogen and oxygen atoms in total. The lowest BCUT2D eigenvalue weighted by atomic mass is 10.2. The molecule has 7 heteroatoms. The van der Waals surface area contributed by atoms with E-state index in [-0.39, 0.29) is 11.6 Å². The number of nitrogens with two attached hydrogens (primary N) is 1. The van der Waals surface area contributed by atoms with Crippen LogP contribution in [-0.2, 0) is 0 Å². The summed E-state index contributed by atoms with van der Waals surface area (Å²) in [5.41, 5.74) is 5.18. The Labute approximate surface area is 135 Å². The van der Waals surface area contributed by atoms with Gasteiger partial charge in [-0.2, -0.15) is 0 Å². The summed E-state index contributed by atoms with van der Waals surface area (Å²) in [6.07, 6.45) is 0.935. The molecule has 1 aliphatic rings. The van der Waals surface area contributed by atoms with Crippen molar-refractivity contribution in [2.24, 2.45) is 5.73 Å². The molecular formula is C16H23FN4O2. The highest BCUT2D eigenvalue weighted by Gasteiger charge is 2.29. The molecule has 0 bridgehead atoms. The number of nitrogens with one attached hydrogen (secondary N) is 1. The Morgan fingerprint density at radius 2 is 2.09 bits per heavy atom. The Morgan fingerprint density at radius 1 is 1.39 bits per heavy atom. The first-order valence-corrected chi connectivity index (χ1v) is 7.85. The normalized spacial score (nSPS) is 17.6. The maximum atomic E-state index is 13.7. The number of hydrogen-bond acceptors (Lipinski definition) is 3. The maximum absolute atomic E-state index is 13.7. The number of urea groups is 1. The second-order valence-corrected chi connectivity index (χ2v) is 5.60. The van der Waals surface area contributed by atoms with Gasteiger partial charge in [0.2, 0.25) is 0 Å². The first-order chi connectivity index (χ1) is 11.0. The van der Waals surface area contributed by atoms with E-state index in [0.29, 0.717) is 24.8 Å². The largest absolute Gasteiger partial charge is 0.366 e. The lowest BCUT2D eigenvalue weighted by Gasteiger charge is -2.26. The van der Waals surface area contributed by atoms with Crippen molar-refractivity contribution in [2.75, 3.05) is 31.5 Å². The summed E-state index contributed by atoms with van der Waals surface area (Å²) in [6, 6.07) is 3.96. The van der Waals surface area contributed by atoms with Gasteiger partial charge in [-0.1, -0.05) is 13.8 Å². The van der Waals surface area contributed by atoms with Crippen LogP contribution < -0.4 is 11.1 Å². The summed E-state index contributed by atoms with van der Waals surface area (Å²) in [5.74, 6) is -1.57. The number of rotatable bonds is 5. The zero-order valence-corrected chi connectivity index (χ0v) is 13.5. The van der Waals surface area contributed by atoms with Crippen molar-refractivity contribution in [3.8, 4) is 0 Å². The van der Waals surface area contributed by atoms with Crippen molar-refractivity contribution in [1.29, 1.82) is 0 Å². The van der Waals surface area contributed by atoms with Crippen molar-refractivity contribution in [3.05, 3.63) is 29.6 Å². The van der Waals surface area contributed by atoms with E-state index in [9.17, 15) is 14.0 Å². The van der Waals surface area contributed by atoms with Crippen LogP contribution in [0.3, 0.4) is 0 Å². The highest BCUT2D eigenvalue weighted by molar-refractivity contribution is 5.94. The maximum Gasteiger partial charge on any atom is 0.321 e. The van der Waals surface area contributed by atoms with Crippen LogP contribution in [0.25, 0.3) is 0 Å². The van der Waals surface area contributed by atoms with Gasteiger partial charge in [-0.25, -0.2) is 9.18 Å². The van der Waals surface area contributed by atoms with Crippen LogP contribution >= 0.6 is 0 Å². The first-order valence-electron chi connectivity index (χ1n) is 7.85. The van der Waals surface area contributed by atoms with Gasteiger partial charge in [0.05, 0.1) is 5.56 Å². The predicted molar refractivity (Wildman–Crippen MR) is 86.8 cm³/mol. The van der Waals surface area contributed by atoms with E-state index < -0.39 is 11.7 Å². The van der Waals surface area contributed by atoms with Crippen LogP contribution in [0.5, 0.6) is 0 Å². The number of nitrogens with zero attached hydrogens (tertiary/aromatic N) is 2. The number of halogens is 1. The monoisotopic (exact) mass is 322 g/mol. The molecule has 3 amide bonds. The Hall–Kier alpha value is -2.15. The molecule has 23 heavy (non-hydrogen) atoms. The minimum Gasteiger partial charge on any atom is -0.366 e. The topological polar surface area (TPSA) is 78.7 Å². The molecule has 0 saturated carbocycles. The molecule has 0 spiro atoms. The van der Waals surface area contributed by atoms with Gasteiger partial charge in [0.1, 0.15) is 5.82 Å². The Bertz CT molecular complexity index is 589. The van der Waals surface area contributed by atoms with Gasteiger partial charge in [-0.3, -0.25) is 9.69 Å². The Balaban J connectivity index is 1.98. The van der Waals surface area contributed by atoms with Crippen molar-refractivity contribution in [2.45, 2.75) is 26.3 Å². The van der Waals surface area contributed by atoms with Crippen LogP contribution in [0, 0.1) is 5.82 Å². The zero-order valence-electron chi connectivity index (χ0n) is 13.5. The molecule has 2 rings (SSSR count). The molecule has 1 fully saturated rings. The molecule has 1 aliphatic heterocycles. The number of amides is 3. The number of benzene rings is 1. The minimum absolute atomic E-state index is 0.189. The number of likely N-dealkylation sites (tertiary alicyclic amines) is 1. The van der Waals surface area contributed by atoms with E-state index in [2.05, 4.69) is 24.1 Å². The standard InChI is InChI=1S/C16H23FN4O2/c1-3-20(4-2)12-7-8-21(10-12)16(23)19-11-5-6-13(15(18)22)14(17)9-11/h5-6,9,12H,3-4,7-8,10H2,1-2H3,(H2,18,22)(H,19,23)/t12-/m1/s1. The smallest absolute Gasteiger partial charge is 0.321 e. The zero-order chi connectivity index (χ0) is 17.0. The van der Waals surface area contributed by atoms with Gasteiger partial charge in [0.15, 0.2) is 0 Å². The van der Waals surface area contributed by atoms with Crippen LogP contribution in [0.1, 0.15) is 30.6 Å². The molecule has 0 unspecified atom stereocenters. The highest BCUT2D eigenvalue weighted by atomic mass is 19.1. The summed E-state index contributed by atoms with van der Waals surface area (Å²) in [5, 5.41) is 2.66. The lowest BCUT2D eigenvalue weighted by molar-refractivity contribution is 0.0996. The van der Waals surface area contributed by atoms with Gasteiger partial charge in [0, 0.05) is 24.8 Å². The summed E-state index contributed by atoms with van der Waals surface area (Å²) >= 11 is 0. The fourth-order valence-electron chi connectivity index (χ4n) is 2.96. The molecule has 0 aromatic heterocycles. The lowest BCUT2D eigenvalue weighted by Crippen LogP contribution is -2.39. The molecule has 1 saturated heterocycles. The molecule has 1 aromatic carbocycles. The summed E-state index contributed by atoms with van der Waals surface area (Å²) in [6.45, 7) is 7.46. The van der Waals surface area contributed by atoms with Crippen molar-refractivity contribution in [3.63, 3.8) is 0 Å². The number of carbonyl (C=O) groups excluding carboxylic acids is 2. The third kappa shape index (κ3) is 3.98. The van der Waals surface area contributed by atoms with E-state index >= 15 is 0 Å². The summed E-state index contributed by atoms with van der Waals surface area (Å²) in [7, 11) is 0. The first kappa shape index (κ1) is 17.2. The summed E-state index contributed by atoms with van der Waals surface area (Å²) < 4.78 is 13.7. The second-order valence-electron chi connectivity index (χ2n) is 5.60. The van der Waals surface area contributed by atoms with Gasteiger partial charge >= 0.3 is 6.03 Å². The number of likely N-dealkylation sites (N-methyl/N-ethyl adjacent to an activating group) is 1. The molecule has 126 valence electrons. The van der Waals surface area contributed by atoms with Crippen molar-refractivity contribution in [1.82, 2.24) is 9.80 Å². The average molecular weight is 322 g/mol. The fourth-order valence-corrected chi connectivity index (χ4v) is 2.96. The highest BCUT2D eigenvalue weighted by Crippen LogP contribution is 2.18. The average Bonchev–Trinajstić information content (AvgIpc) is 2.98. The minimum atomic E-state index is -0.831. The van der Waals surface area contributed by atoms with E-state index in [0.717, 1.165) is 25.6 Å². The van der Waals surface area contributed by atoms with Gasteiger partial charge in [-0.05, 0) is 37.7 Å². The van der Waals surface area contributed by atoms with Gasteiger partial charge in [0.25, 0.3) is 5.91 Å². The van der Waals surface area contributed by atoms with Crippen molar-refractivity contribution >= 4 is 17.6 Å². The molecule has 3 N–H and O–H groups in total. The van der Waals surface area contributed by atoms with Crippen LogP contribution in [0.15, 0.2) is 18.2 Å². The molecule has 1 aromatic rings. The third-order valence-corrected chi connectivity index (χ3v) is 4.27. The Morgan fingerprint density at radius 3 is 2.65 bits per heavy atom. The predicted octanol–water partition coefficient (Wildman–Crippen LogP) is 1.87. The van der Waals surface area contributed by atoms with E-state index in [4.69, 9.17) is 5.73 Å². The van der Waals surface area contributed by atoms with Crippen molar-refractivity contribution < 1.29 is 14.0 Å².